The molecule has 4 unspecified atom stereocenters. The highest BCUT2D eigenvalue weighted by atomic mass is 16.5. The first kappa shape index (κ1) is 20.4. The van der Waals surface area contributed by atoms with Gasteiger partial charge in [0.25, 0.3) is 0 Å². The van der Waals surface area contributed by atoms with Gasteiger partial charge in [-0.3, -0.25) is 4.90 Å². The molecule has 3 heteroatoms. The molecule has 2 aliphatic rings. The molecule has 150 valence electrons. The third kappa shape index (κ3) is 3.33. The van der Waals surface area contributed by atoms with Gasteiger partial charge in [-0.15, -0.1) is 0 Å². The van der Waals surface area contributed by atoms with Crippen molar-refractivity contribution in [2.45, 2.75) is 79.5 Å². The topological polar surface area (TPSA) is 29.5 Å². The number of carbonyl (C=O) groups is 1. The van der Waals surface area contributed by atoms with Crippen molar-refractivity contribution in [3.05, 3.63) is 35.9 Å². The molecule has 0 radical (unpaired) electrons. The Balaban J connectivity index is 1.89. The predicted molar refractivity (Wildman–Crippen MR) is 111 cm³/mol. The van der Waals surface area contributed by atoms with Gasteiger partial charge in [-0.1, -0.05) is 39.0 Å². The molecular formula is C24H37NO2. The molecule has 0 heterocycles. The fourth-order valence-corrected chi connectivity index (χ4v) is 5.96. The van der Waals surface area contributed by atoms with E-state index >= 15 is 0 Å². The van der Waals surface area contributed by atoms with Gasteiger partial charge in [0.15, 0.2) is 0 Å². The highest BCUT2D eigenvalue weighted by Crippen LogP contribution is 2.68. The quantitative estimate of drug-likeness (QED) is 0.627. The van der Waals surface area contributed by atoms with Crippen LogP contribution in [0.2, 0.25) is 0 Å². The first-order valence-corrected chi connectivity index (χ1v) is 10.6. The van der Waals surface area contributed by atoms with Crippen LogP contribution in [0.15, 0.2) is 30.3 Å². The lowest BCUT2D eigenvalue weighted by Gasteiger charge is -2.41. The van der Waals surface area contributed by atoms with E-state index in [1.54, 1.807) is 0 Å². The fourth-order valence-electron chi connectivity index (χ4n) is 5.96. The van der Waals surface area contributed by atoms with Crippen molar-refractivity contribution in [2.24, 2.45) is 22.7 Å². The summed E-state index contributed by atoms with van der Waals surface area (Å²) in [7, 11) is 0. The summed E-state index contributed by atoms with van der Waals surface area (Å²) in [5.74, 6) is 0.836. The molecule has 0 saturated heterocycles. The average molecular weight is 372 g/mol. The Kier molecular flexibility index (Phi) is 5.46. The number of fused-ring (bicyclic) bond motifs is 2. The first-order valence-electron chi connectivity index (χ1n) is 10.6. The van der Waals surface area contributed by atoms with Crippen molar-refractivity contribution in [2.75, 3.05) is 6.54 Å². The summed E-state index contributed by atoms with van der Waals surface area (Å²) in [6.07, 6.45) is 2.38. The number of nitrogens with zero attached hydrogens (tertiary/aromatic N) is 1. The van der Waals surface area contributed by atoms with Crippen LogP contribution in [0.3, 0.4) is 0 Å². The van der Waals surface area contributed by atoms with Crippen molar-refractivity contribution in [3.63, 3.8) is 0 Å². The number of hydrogen-bond donors (Lipinski definition) is 0. The maximum absolute atomic E-state index is 12.9. The van der Waals surface area contributed by atoms with Crippen LogP contribution in [-0.2, 0) is 4.74 Å². The molecule has 3 nitrogen and oxygen atoms in total. The molecule has 0 N–H and O–H groups in total. The Hall–Kier alpha value is -1.35. The molecule has 1 aromatic carbocycles. The van der Waals surface area contributed by atoms with Crippen molar-refractivity contribution >= 4 is 5.97 Å². The van der Waals surface area contributed by atoms with Gasteiger partial charge < -0.3 is 4.74 Å². The van der Waals surface area contributed by atoms with Crippen LogP contribution in [0.5, 0.6) is 0 Å². The molecule has 0 aliphatic heterocycles. The maximum atomic E-state index is 12.9. The molecule has 4 atom stereocenters. The lowest BCUT2D eigenvalue weighted by molar-refractivity contribution is -0.0491. The van der Waals surface area contributed by atoms with Gasteiger partial charge in [-0.2, -0.15) is 0 Å². The largest absolute Gasteiger partial charge is 0.458 e. The highest BCUT2D eigenvalue weighted by Gasteiger charge is 2.67. The molecule has 0 aromatic heterocycles. The molecule has 0 amide bonds. The standard InChI is InChI=1S/C24H37NO2/c1-16(2)25(17(3)4)15-19-20-13-14-24(7,23(20,5)6)21(19)27-22(26)18-11-9-8-10-12-18/h8-12,16-17,19-21H,13-15H2,1-7H3. The Morgan fingerprint density at radius 3 is 2.26 bits per heavy atom. The van der Waals surface area contributed by atoms with Gasteiger partial charge in [0.1, 0.15) is 6.10 Å². The van der Waals surface area contributed by atoms with Gasteiger partial charge in [-0.05, 0) is 64.0 Å². The smallest absolute Gasteiger partial charge is 0.338 e. The van der Waals surface area contributed by atoms with Gasteiger partial charge in [0.05, 0.1) is 5.56 Å². The Bertz CT molecular complexity index is 658. The van der Waals surface area contributed by atoms with E-state index in [9.17, 15) is 4.79 Å². The Labute approximate surface area is 165 Å². The lowest BCUT2D eigenvalue weighted by atomic mass is 9.70. The Morgan fingerprint density at radius 1 is 1.11 bits per heavy atom. The maximum Gasteiger partial charge on any atom is 0.338 e. The van der Waals surface area contributed by atoms with E-state index in [1.807, 2.05) is 30.3 Å². The molecule has 0 spiro atoms. The second-order valence-electron chi connectivity index (χ2n) is 10.0. The van der Waals surface area contributed by atoms with E-state index in [1.165, 1.54) is 6.42 Å². The SMILES string of the molecule is CC(C)N(CC1C2CCC(C)(C1OC(=O)c1ccccc1)C2(C)C)C(C)C. The summed E-state index contributed by atoms with van der Waals surface area (Å²) >= 11 is 0. The van der Waals surface area contributed by atoms with Crippen LogP contribution in [-0.4, -0.2) is 35.6 Å². The van der Waals surface area contributed by atoms with Gasteiger partial charge in [0.2, 0.25) is 0 Å². The number of benzene rings is 1. The summed E-state index contributed by atoms with van der Waals surface area (Å²) in [4.78, 5) is 15.5. The third-order valence-corrected chi connectivity index (χ3v) is 7.90. The zero-order chi connectivity index (χ0) is 20.0. The van der Waals surface area contributed by atoms with Gasteiger partial charge in [-0.25, -0.2) is 4.79 Å². The van der Waals surface area contributed by atoms with E-state index in [-0.39, 0.29) is 22.9 Å². The molecule has 2 aliphatic carbocycles. The van der Waals surface area contributed by atoms with Crippen molar-refractivity contribution in [3.8, 4) is 0 Å². The molecular weight excluding hydrogens is 334 g/mol. The number of ether oxygens (including phenoxy) is 1. The van der Waals surface area contributed by atoms with Crippen LogP contribution in [0.25, 0.3) is 0 Å². The molecule has 2 saturated carbocycles. The van der Waals surface area contributed by atoms with Crippen molar-refractivity contribution in [1.82, 2.24) is 4.90 Å². The zero-order valence-electron chi connectivity index (χ0n) is 18.2. The molecule has 27 heavy (non-hydrogen) atoms. The van der Waals surface area contributed by atoms with Crippen LogP contribution < -0.4 is 0 Å². The molecule has 2 bridgehead atoms. The Morgan fingerprint density at radius 2 is 1.70 bits per heavy atom. The number of rotatable bonds is 6. The molecule has 2 fully saturated rings. The number of carbonyl (C=O) groups excluding carboxylic acids is 1. The first-order chi connectivity index (χ1) is 12.6. The predicted octanol–water partition coefficient (Wildman–Crippen LogP) is 5.40. The monoisotopic (exact) mass is 371 g/mol. The van der Waals surface area contributed by atoms with E-state index in [0.29, 0.717) is 29.5 Å². The third-order valence-electron chi connectivity index (χ3n) is 7.90. The minimum Gasteiger partial charge on any atom is -0.458 e. The number of hydrogen-bond acceptors (Lipinski definition) is 3. The van der Waals surface area contributed by atoms with Crippen molar-refractivity contribution in [1.29, 1.82) is 0 Å². The second-order valence-corrected chi connectivity index (χ2v) is 10.0. The van der Waals surface area contributed by atoms with E-state index in [0.717, 1.165) is 13.0 Å². The minimum absolute atomic E-state index is 0.0149. The van der Waals surface area contributed by atoms with Crippen LogP contribution >= 0.6 is 0 Å². The van der Waals surface area contributed by atoms with Crippen LogP contribution in [0.1, 0.15) is 71.7 Å². The normalized spacial score (nSPS) is 31.9. The molecule has 1 aromatic rings. The molecule has 3 rings (SSSR count). The second kappa shape index (κ2) is 7.24. The summed E-state index contributed by atoms with van der Waals surface area (Å²) in [5, 5.41) is 0. The summed E-state index contributed by atoms with van der Waals surface area (Å²) in [5.41, 5.74) is 0.899. The van der Waals surface area contributed by atoms with E-state index in [2.05, 4.69) is 53.4 Å². The van der Waals surface area contributed by atoms with Gasteiger partial charge >= 0.3 is 5.97 Å². The van der Waals surface area contributed by atoms with Gasteiger partial charge in [0, 0.05) is 30.0 Å². The lowest BCUT2D eigenvalue weighted by Crippen LogP contribution is -2.47. The van der Waals surface area contributed by atoms with E-state index in [4.69, 9.17) is 4.74 Å². The minimum atomic E-state index is -0.171. The summed E-state index contributed by atoms with van der Waals surface area (Å²) < 4.78 is 6.28. The number of esters is 1. The average Bonchev–Trinajstić information content (AvgIpc) is 2.92. The van der Waals surface area contributed by atoms with Crippen LogP contribution in [0.4, 0.5) is 0 Å². The highest BCUT2D eigenvalue weighted by molar-refractivity contribution is 5.89. The van der Waals surface area contributed by atoms with Crippen LogP contribution in [0, 0.1) is 22.7 Å². The summed E-state index contributed by atoms with van der Waals surface area (Å²) in [6, 6.07) is 10.4. The zero-order valence-corrected chi connectivity index (χ0v) is 18.2. The summed E-state index contributed by atoms with van der Waals surface area (Å²) in [6.45, 7) is 17.2. The van der Waals surface area contributed by atoms with E-state index < -0.39 is 0 Å². The van der Waals surface area contributed by atoms with Crippen molar-refractivity contribution < 1.29 is 9.53 Å². The fraction of sp³-hybridized carbons (Fsp3) is 0.708.